The first-order chi connectivity index (χ1) is 9.86. The maximum atomic E-state index is 11.5. The molecule has 6 nitrogen and oxygen atoms in total. The van der Waals surface area contributed by atoms with Crippen LogP contribution in [0.2, 0.25) is 0 Å². The molecule has 0 heterocycles. The molecule has 0 saturated carbocycles. The number of para-hydroxylation sites is 3. The summed E-state index contributed by atoms with van der Waals surface area (Å²) in [5.74, 6) is 0.653. The molecule has 4 N–H and O–H groups in total. The summed E-state index contributed by atoms with van der Waals surface area (Å²) >= 11 is 0. The molecule has 0 saturated heterocycles. The van der Waals surface area contributed by atoms with Crippen LogP contribution in [0.3, 0.4) is 0 Å². The van der Waals surface area contributed by atoms with Gasteiger partial charge < -0.3 is 15.4 Å². The Hall–Kier alpha value is -2.25. The van der Waals surface area contributed by atoms with Crippen molar-refractivity contribution in [3.05, 3.63) is 42.5 Å². The lowest BCUT2D eigenvalue weighted by molar-refractivity contribution is 0.415. The van der Waals surface area contributed by atoms with Gasteiger partial charge in [0.05, 0.1) is 24.2 Å². The van der Waals surface area contributed by atoms with Crippen molar-refractivity contribution >= 4 is 27.1 Å². The molecule has 2 aromatic rings. The average Bonchev–Trinajstić information content (AvgIpc) is 2.45. The van der Waals surface area contributed by atoms with Crippen LogP contribution < -0.4 is 20.5 Å². The smallest absolute Gasteiger partial charge is 0.240 e. The molecule has 112 valence electrons. The van der Waals surface area contributed by atoms with Crippen LogP contribution in [0.25, 0.3) is 0 Å². The standard InChI is InChI=1S/C14H17N3O3S/c1-17(10-6-3-4-8-12(10)20-2)11-7-5-9-13(14(11)15)21(16,18)19/h3-9H,15H2,1-2H3,(H2,16,18,19). The first kappa shape index (κ1) is 15.1. The molecule has 0 bridgehead atoms. The number of nitrogen functional groups attached to an aromatic ring is 1. The lowest BCUT2D eigenvalue weighted by Gasteiger charge is -2.24. The molecule has 2 rings (SSSR count). The molecule has 7 heteroatoms. The third kappa shape index (κ3) is 2.93. The second-order valence-corrected chi connectivity index (χ2v) is 5.99. The Balaban J connectivity index is 2.57. The van der Waals surface area contributed by atoms with Gasteiger partial charge in [-0.25, -0.2) is 13.6 Å². The number of benzene rings is 2. The summed E-state index contributed by atoms with van der Waals surface area (Å²) < 4.78 is 28.4. The number of rotatable bonds is 4. The van der Waals surface area contributed by atoms with Gasteiger partial charge in [-0.3, -0.25) is 0 Å². The van der Waals surface area contributed by atoms with E-state index in [1.165, 1.54) is 6.07 Å². The van der Waals surface area contributed by atoms with Crippen LogP contribution in [0.15, 0.2) is 47.4 Å². The van der Waals surface area contributed by atoms with E-state index < -0.39 is 10.0 Å². The highest BCUT2D eigenvalue weighted by molar-refractivity contribution is 7.89. The molecule has 0 aromatic heterocycles. The minimum Gasteiger partial charge on any atom is -0.495 e. The number of sulfonamides is 1. The molecule has 2 aromatic carbocycles. The molecular formula is C14H17N3O3S. The van der Waals surface area contributed by atoms with E-state index >= 15 is 0 Å². The van der Waals surface area contributed by atoms with Crippen LogP contribution >= 0.6 is 0 Å². The predicted octanol–water partition coefficient (Wildman–Crippen LogP) is 1.69. The number of nitrogens with two attached hydrogens (primary N) is 2. The summed E-state index contributed by atoms with van der Waals surface area (Å²) in [4.78, 5) is 1.66. The Kier molecular flexibility index (Phi) is 4.06. The van der Waals surface area contributed by atoms with Crippen molar-refractivity contribution in [2.75, 3.05) is 24.8 Å². The molecule has 0 aliphatic rings. The van der Waals surface area contributed by atoms with Gasteiger partial charge in [-0.1, -0.05) is 18.2 Å². The van der Waals surface area contributed by atoms with E-state index in [-0.39, 0.29) is 10.6 Å². The van der Waals surface area contributed by atoms with Gasteiger partial charge in [0, 0.05) is 7.05 Å². The van der Waals surface area contributed by atoms with Crippen LogP contribution in [0.1, 0.15) is 0 Å². The monoisotopic (exact) mass is 307 g/mol. The van der Waals surface area contributed by atoms with Crippen LogP contribution in [-0.2, 0) is 10.0 Å². The Morgan fingerprint density at radius 3 is 2.29 bits per heavy atom. The zero-order valence-electron chi connectivity index (χ0n) is 11.8. The molecule has 0 spiro atoms. The zero-order chi connectivity index (χ0) is 15.6. The lowest BCUT2D eigenvalue weighted by Crippen LogP contribution is -2.18. The van der Waals surface area contributed by atoms with E-state index in [9.17, 15) is 8.42 Å². The third-order valence-electron chi connectivity index (χ3n) is 3.16. The van der Waals surface area contributed by atoms with E-state index in [1.54, 1.807) is 31.2 Å². The van der Waals surface area contributed by atoms with Gasteiger partial charge in [0.2, 0.25) is 10.0 Å². The van der Waals surface area contributed by atoms with Crippen LogP contribution in [-0.4, -0.2) is 22.6 Å². The third-order valence-corrected chi connectivity index (χ3v) is 4.13. The van der Waals surface area contributed by atoms with Gasteiger partial charge in [0.25, 0.3) is 0 Å². The van der Waals surface area contributed by atoms with Crippen LogP contribution in [0.5, 0.6) is 5.75 Å². The van der Waals surface area contributed by atoms with Gasteiger partial charge in [0.1, 0.15) is 10.6 Å². The van der Waals surface area contributed by atoms with E-state index in [0.29, 0.717) is 11.4 Å². The fourth-order valence-corrected chi connectivity index (χ4v) is 2.79. The van der Waals surface area contributed by atoms with Crippen LogP contribution in [0.4, 0.5) is 17.1 Å². The molecular weight excluding hydrogens is 290 g/mol. The summed E-state index contributed by atoms with van der Waals surface area (Å²) in [6.45, 7) is 0. The van der Waals surface area contributed by atoms with Gasteiger partial charge in [-0.15, -0.1) is 0 Å². The lowest BCUT2D eigenvalue weighted by atomic mass is 10.2. The van der Waals surface area contributed by atoms with Crippen molar-refractivity contribution in [2.24, 2.45) is 5.14 Å². The van der Waals surface area contributed by atoms with E-state index in [0.717, 1.165) is 5.69 Å². The van der Waals surface area contributed by atoms with Crippen molar-refractivity contribution in [3.8, 4) is 5.75 Å². The van der Waals surface area contributed by atoms with Gasteiger partial charge in [-0.2, -0.15) is 0 Å². The first-order valence-electron chi connectivity index (χ1n) is 6.14. The summed E-state index contributed by atoms with van der Waals surface area (Å²) in [5.41, 5.74) is 7.36. The number of primary sulfonamides is 1. The number of hydrogen-bond acceptors (Lipinski definition) is 5. The summed E-state index contributed by atoms with van der Waals surface area (Å²) in [6, 6.07) is 12.1. The second-order valence-electron chi connectivity index (χ2n) is 4.46. The highest BCUT2D eigenvalue weighted by Gasteiger charge is 2.18. The Labute approximate surface area is 124 Å². The minimum absolute atomic E-state index is 0.0956. The number of hydrogen-bond donors (Lipinski definition) is 2. The summed E-state index contributed by atoms with van der Waals surface area (Å²) in [5, 5.41) is 5.17. The van der Waals surface area contributed by atoms with Gasteiger partial charge >= 0.3 is 0 Å². The van der Waals surface area contributed by atoms with Crippen molar-refractivity contribution in [1.82, 2.24) is 0 Å². The predicted molar refractivity (Wildman–Crippen MR) is 83.3 cm³/mol. The maximum absolute atomic E-state index is 11.5. The molecule has 0 fully saturated rings. The molecule has 21 heavy (non-hydrogen) atoms. The molecule has 0 aliphatic carbocycles. The number of nitrogens with zero attached hydrogens (tertiary/aromatic N) is 1. The van der Waals surface area contributed by atoms with Gasteiger partial charge in [-0.05, 0) is 24.3 Å². The molecule has 0 aliphatic heterocycles. The van der Waals surface area contributed by atoms with E-state index in [4.69, 9.17) is 15.6 Å². The Bertz CT molecular complexity index is 760. The number of anilines is 3. The summed E-state index contributed by atoms with van der Waals surface area (Å²) in [6.07, 6.45) is 0. The Morgan fingerprint density at radius 1 is 1.05 bits per heavy atom. The number of methoxy groups -OCH3 is 1. The molecule has 0 radical (unpaired) electrons. The van der Waals surface area contributed by atoms with Crippen molar-refractivity contribution in [3.63, 3.8) is 0 Å². The quantitative estimate of drug-likeness (QED) is 0.838. The normalized spacial score (nSPS) is 11.2. The van der Waals surface area contributed by atoms with Crippen molar-refractivity contribution in [1.29, 1.82) is 0 Å². The topological polar surface area (TPSA) is 98.6 Å². The van der Waals surface area contributed by atoms with Crippen LogP contribution in [0, 0.1) is 0 Å². The maximum Gasteiger partial charge on any atom is 0.240 e. The Morgan fingerprint density at radius 2 is 1.67 bits per heavy atom. The molecule has 0 unspecified atom stereocenters. The van der Waals surface area contributed by atoms with Crippen molar-refractivity contribution in [2.45, 2.75) is 4.90 Å². The SMILES string of the molecule is COc1ccccc1N(C)c1cccc(S(N)(=O)=O)c1N. The first-order valence-corrected chi connectivity index (χ1v) is 7.69. The van der Waals surface area contributed by atoms with Crippen molar-refractivity contribution < 1.29 is 13.2 Å². The van der Waals surface area contributed by atoms with E-state index in [1.807, 2.05) is 24.3 Å². The highest BCUT2D eigenvalue weighted by Crippen LogP contribution is 2.36. The minimum atomic E-state index is -3.87. The zero-order valence-corrected chi connectivity index (χ0v) is 12.6. The molecule has 0 amide bonds. The summed E-state index contributed by atoms with van der Waals surface area (Å²) in [7, 11) is -0.530. The van der Waals surface area contributed by atoms with E-state index in [2.05, 4.69) is 0 Å². The number of ether oxygens (including phenoxy) is 1. The highest BCUT2D eigenvalue weighted by atomic mass is 32.2. The fourth-order valence-electron chi connectivity index (χ4n) is 2.11. The largest absolute Gasteiger partial charge is 0.495 e. The van der Waals surface area contributed by atoms with Gasteiger partial charge in [0.15, 0.2) is 0 Å². The fraction of sp³-hybridized carbons (Fsp3) is 0.143. The molecule has 0 atom stereocenters. The average molecular weight is 307 g/mol. The second kappa shape index (κ2) is 5.63.